The van der Waals surface area contributed by atoms with Gasteiger partial charge < -0.3 is 14.9 Å². The molecule has 3 aromatic carbocycles. The van der Waals surface area contributed by atoms with Crippen LogP contribution in [0.3, 0.4) is 0 Å². The first-order chi connectivity index (χ1) is 20.9. The van der Waals surface area contributed by atoms with Gasteiger partial charge in [-0.15, -0.1) is 0 Å². The third-order valence-corrected chi connectivity index (χ3v) is 8.32. The summed E-state index contributed by atoms with van der Waals surface area (Å²) in [5.74, 6) is -1.90. The number of alkyl halides is 3. The monoisotopic (exact) mass is 831 g/mol. The second-order valence-electron chi connectivity index (χ2n) is 10.9. The third kappa shape index (κ3) is 8.21. The topological polar surface area (TPSA) is 76.5 Å². The summed E-state index contributed by atoms with van der Waals surface area (Å²) in [6.07, 6.45) is 5.79. The van der Waals surface area contributed by atoms with Gasteiger partial charge in [0, 0.05) is 75.0 Å². The Balaban J connectivity index is 1.53. The van der Waals surface area contributed by atoms with Crippen molar-refractivity contribution in [1.29, 1.82) is 5.41 Å². The molecule has 0 radical (unpaired) electrons. The number of halogens is 5. The minimum absolute atomic E-state index is 0.0338. The van der Waals surface area contributed by atoms with Gasteiger partial charge in [-0.3, -0.25) is 4.79 Å². The van der Waals surface area contributed by atoms with Crippen molar-refractivity contribution in [3.8, 4) is 16.9 Å². The van der Waals surface area contributed by atoms with Crippen LogP contribution in [0.5, 0.6) is 5.75 Å². The molecule has 3 aromatic rings. The number of rotatable bonds is 15. The smallest absolute Gasteiger partial charge is 0.350 e. The van der Waals surface area contributed by atoms with Gasteiger partial charge in [0.05, 0.1) is 17.6 Å². The molecule has 5 nitrogen and oxygen atoms in total. The quantitative estimate of drug-likeness (QED) is 0.0717. The number of carbonyl (C=O) groups excluding carboxylic acids is 2. The summed E-state index contributed by atoms with van der Waals surface area (Å²) in [4.78, 5) is 26.3. The maximum atomic E-state index is 15.8. The molecule has 44 heavy (non-hydrogen) atoms. The molecule has 0 saturated heterocycles. The van der Waals surface area contributed by atoms with Gasteiger partial charge in [-0.2, -0.15) is 4.39 Å². The molecule has 0 bridgehead atoms. The second-order valence-corrected chi connectivity index (χ2v) is 15.8. The molecule has 0 aromatic heterocycles. The summed E-state index contributed by atoms with van der Waals surface area (Å²) in [5.41, 5.74) is 2.35. The number of unbranched alkanes of at least 4 members (excludes halogenated alkanes) is 1. The Morgan fingerprint density at radius 1 is 1.00 bits per heavy atom. The van der Waals surface area contributed by atoms with Crippen LogP contribution in [0, 0.1) is 17.0 Å². The normalized spacial score (nSPS) is 13.8. The average molecular weight is 831 g/mol. The number of esters is 1. The summed E-state index contributed by atoms with van der Waals surface area (Å²) in [6, 6.07) is 12.4. The molecule has 1 aliphatic carbocycles. The molecule has 234 valence electrons. The summed E-state index contributed by atoms with van der Waals surface area (Å²) in [7, 11) is 0. The van der Waals surface area contributed by atoms with Crippen LogP contribution in [0.1, 0.15) is 85.0 Å². The van der Waals surface area contributed by atoms with E-state index in [1.165, 1.54) is 69.6 Å². The minimum atomic E-state index is -2.02. The predicted molar refractivity (Wildman–Crippen MR) is 182 cm³/mol. The van der Waals surface area contributed by atoms with Crippen molar-refractivity contribution in [3.05, 3.63) is 88.0 Å². The van der Waals surface area contributed by atoms with Crippen molar-refractivity contribution < 1.29 is 32.2 Å². The van der Waals surface area contributed by atoms with E-state index in [1.54, 1.807) is 25.1 Å². The maximum absolute atomic E-state index is 15.8. The molecule has 4 rings (SSSR count). The maximum Gasteiger partial charge on any atom is 0.350 e. The lowest BCUT2D eigenvalue weighted by molar-refractivity contribution is -0.121. The van der Waals surface area contributed by atoms with E-state index in [-0.39, 0.29) is 41.3 Å². The highest BCUT2D eigenvalue weighted by atomic mass is 127. The van der Waals surface area contributed by atoms with E-state index in [9.17, 15) is 18.4 Å². The Labute approximate surface area is 283 Å². The van der Waals surface area contributed by atoms with E-state index < -0.39 is 24.9 Å². The number of ketones is 1. The zero-order chi connectivity index (χ0) is 32.1. The van der Waals surface area contributed by atoms with E-state index in [2.05, 4.69) is 6.92 Å². The van der Waals surface area contributed by atoms with Crippen LogP contribution in [-0.2, 0) is 27.8 Å². The van der Waals surface area contributed by atoms with Crippen LogP contribution in [-0.4, -0.2) is 26.4 Å². The van der Waals surface area contributed by atoms with Gasteiger partial charge in [-0.25, -0.2) is 13.6 Å². The van der Waals surface area contributed by atoms with E-state index in [0.717, 1.165) is 36.5 Å². The molecule has 0 aliphatic heterocycles. The van der Waals surface area contributed by atoms with Crippen molar-refractivity contribution in [3.63, 3.8) is 0 Å². The van der Waals surface area contributed by atoms with Crippen LogP contribution in [0.2, 0.25) is 0 Å². The van der Waals surface area contributed by atoms with E-state index >= 15 is 4.39 Å². The highest BCUT2D eigenvalue weighted by Crippen LogP contribution is 2.51. The molecule has 0 amide bonds. The zero-order valence-corrected chi connectivity index (χ0v) is 28.9. The highest BCUT2D eigenvalue weighted by molar-refractivity contribution is 14.2. The third-order valence-electron chi connectivity index (χ3n) is 7.87. The largest absolute Gasteiger partial charge is 0.462 e. The van der Waals surface area contributed by atoms with Gasteiger partial charge in [0.15, 0.2) is 0 Å². The molecular weight excluding hydrogens is 797 g/mol. The fourth-order valence-electron chi connectivity index (χ4n) is 5.55. The first kappa shape index (κ1) is 34.4. The number of hydrogen-bond donors (Lipinski definition) is 1. The first-order valence-corrected chi connectivity index (χ1v) is 16.8. The van der Waals surface area contributed by atoms with Crippen LogP contribution < -0.4 is 4.74 Å². The molecule has 0 heterocycles. The number of hydrogen-bond acceptors (Lipinski definition) is 5. The van der Waals surface area contributed by atoms with Crippen LogP contribution in [0.4, 0.5) is 13.2 Å². The molecule has 10 heteroatoms. The Hall–Kier alpha value is -2.48. The van der Waals surface area contributed by atoms with Crippen molar-refractivity contribution in [2.45, 2.75) is 72.5 Å². The van der Waals surface area contributed by atoms with Crippen molar-refractivity contribution >= 4 is 63.1 Å². The number of ether oxygens (including phenoxy) is 2. The molecule has 1 saturated carbocycles. The first-order valence-electron chi connectivity index (χ1n) is 14.6. The van der Waals surface area contributed by atoms with Gasteiger partial charge >= 0.3 is 7.84 Å². The second kappa shape index (κ2) is 14.7. The van der Waals surface area contributed by atoms with E-state index in [0.29, 0.717) is 36.8 Å². The molecule has 1 N–H and O–H groups in total. The Kier molecular flexibility index (Phi) is 11.5. The van der Waals surface area contributed by atoms with Crippen molar-refractivity contribution in [2.75, 3.05) is 6.61 Å². The lowest BCUT2D eigenvalue weighted by atomic mass is 9.87. The Bertz CT molecular complexity index is 1550. The summed E-state index contributed by atoms with van der Waals surface area (Å²) >= 11 is 2.90. The minimum Gasteiger partial charge on any atom is -0.462 e. The lowest BCUT2D eigenvalue weighted by Crippen LogP contribution is -2.22. The van der Waals surface area contributed by atoms with Crippen LogP contribution in [0.15, 0.2) is 48.5 Å². The Morgan fingerprint density at radius 2 is 1.75 bits per heavy atom. The zero-order valence-electron chi connectivity index (χ0n) is 24.6. The molecular formula is C34H34F3I2NO4. The SMILES string of the molecule is CCCCc1cc(-c2c(F)cc(CCCC(=O)C3(c4ccc(OC(F)(I)I)cc4F)CC3)cc2C(=O)OCC)ccc1C=N. The highest BCUT2D eigenvalue weighted by Gasteiger charge is 2.51. The van der Waals surface area contributed by atoms with E-state index in [4.69, 9.17) is 14.9 Å². The average Bonchev–Trinajstić information content (AvgIpc) is 3.77. The Morgan fingerprint density at radius 3 is 2.36 bits per heavy atom. The molecule has 0 unspecified atom stereocenters. The number of aryl methyl sites for hydroxylation is 2. The summed E-state index contributed by atoms with van der Waals surface area (Å²) in [5, 5.41) is 7.73. The van der Waals surface area contributed by atoms with Gasteiger partial charge in [0.1, 0.15) is 23.2 Å². The van der Waals surface area contributed by atoms with Crippen LogP contribution in [0.25, 0.3) is 11.1 Å². The lowest BCUT2D eigenvalue weighted by Gasteiger charge is -2.18. The van der Waals surface area contributed by atoms with Crippen molar-refractivity contribution in [2.24, 2.45) is 0 Å². The predicted octanol–water partition coefficient (Wildman–Crippen LogP) is 9.60. The summed E-state index contributed by atoms with van der Waals surface area (Å²) < 4.78 is 52.9. The van der Waals surface area contributed by atoms with Crippen LogP contribution >= 0.6 is 45.2 Å². The van der Waals surface area contributed by atoms with Gasteiger partial charge in [0.25, 0.3) is 0 Å². The molecule has 0 atom stereocenters. The van der Waals surface area contributed by atoms with Crippen molar-refractivity contribution in [1.82, 2.24) is 0 Å². The fraction of sp³-hybridized carbons (Fsp3) is 0.382. The number of benzene rings is 3. The number of carbonyl (C=O) groups is 2. The molecule has 0 spiro atoms. The summed E-state index contributed by atoms with van der Waals surface area (Å²) in [6.45, 7) is 3.89. The van der Waals surface area contributed by atoms with E-state index in [1.807, 2.05) is 6.07 Å². The molecule has 1 aliphatic rings. The van der Waals surface area contributed by atoms with Gasteiger partial charge in [-0.1, -0.05) is 37.6 Å². The fourth-order valence-corrected chi connectivity index (χ4v) is 6.06. The van der Waals surface area contributed by atoms with Gasteiger partial charge in [0.2, 0.25) is 0 Å². The standard InChI is InChI=1S/C34H34F3I2NO4/c1-3-5-8-22-18-23(10-11-24(22)20-40)31-26(32(42)43-4-2)16-21(17-29(31)36)7-6-9-30(41)33(14-15-33)27-13-12-25(19-28(27)35)44-34(37,38)39/h10-13,16-20,40H,3-9,14-15H2,1-2H3. The van der Waals surface area contributed by atoms with Gasteiger partial charge in [-0.05, 0) is 85.9 Å². The number of nitrogens with one attached hydrogen (secondary N) is 1. The number of Topliss-reactive ketones (excluding diaryl/α,β-unsaturated/α-hetero) is 1. The molecule has 1 fully saturated rings.